The quantitative estimate of drug-likeness (QED) is 0.149. The predicted molar refractivity (Wildman–Crippen MR) is 191 cm³/mol. The third-order valence-corrected chi connectivity index (χ3v) is 9.09. The summed E-state index contributed by atoms with van der Waals surface area (Å²) >= 11 is 6.45. The van der Waals surface area contributed by atoms with E-state index in [1.54, 1.807) is 0 Å². The number of nitrogens with zero attached hydrogens (tertiary/aromatic N) is 2. The van der Waals surface area contributed by atoms with Gasteiger partial charge >= 0.3 is 0 Å². The molecule has 3 heteroatoms. The largest absolute Gasteiger partial charge is 0.223 e. The van der Waals surface area contributed by atoms with E-state index in [9.17, 15) is 0 Å². The van der Waals surface area contributed by atoms with Gasteiger partial charge in [-0.05, 0) is 97.7 Å². The second kappa shape index (κ2) is 11.0. The number of halogens is 1. The second-order valence-corrected chi connectivity index (χ2v) is 12.0. The van der Waals surface area contributed by atoms with Gasteiger partial charge in [0, 0.05) is 16.7 Å². The van der Waals surface area contributed by atoms with Crippen LogP contribution < -0.4 is 0 Å². The summed E-state index contributed by atoms with van der Waals surface area (Å²) in [6, 6.07) is 49.9. The van der Waals surface area contributed by atoms with Crippen molar-refractivity contribution >= 4 is 43.9 Å². The van der Waals surface area contributed by atoms with Crippen molar-refractivity contribution in [3.05, 3.63) is 156 Å². The highest BCUT2D eigenvalue weighted by Crippen LogP contribution is 2.38. The van der Waals surface area contributed by atoms with Crippen LogP contribution in [0.2, 0.25) is 5.28 Å². The van der Waals surface area contributed by atoms with Crippen LogP contribution in [0.1, 0.15) is 11.1 Å². The number of aromatic nitrogens is 2. The van der Waals surface area contributed by atoms with Crippen LogP contribution in [0.3, 0.4) is 0 Å². The Hall–Kier alpha value is -5.31. The minimum atomic E-state index is 0.252. The Bertz CT molecular complexity index is 2380. The Kier molecular flexibility index (Phi) is 6.66. The van der Waals surface area contributed by atoms with Gasteiger partial charge in [0.15, 0.2) is 0 Å². The normalized spacial score (nSPS) is 11.4. The lowest BCUT2D eigenvalue weighted by Gasteiger charge is -2.15. The molecule has 0 unspecified atom stereocenters. The molecule has 8 aromatic rings. The minimum Gasteiger partial charge on any atom is -0.218 e. The number of rotatable bonds is 4. The van der Waals surface area contributed by atoms with Gasteiger partial charge in [-0.3, -0.25) is 0 Å². The molecule has 0 aliphatic carbocycles. The summed E-state index contributed by atoms with van der Waals surface area (Å²) in [6.45, 7) is 4.21. The molecule has 0 aliphatic rings. The van der Waals surface area contributed by atoms with Gasteiger partial charge in [-0.15, -0.1) is 0 Å². The zero-order valence-corrected chi connectivity index (χ0v) is 25.8. The van der Waals surface area contributed by atoms with Gasteiger partial charge in [0.25, 0.3) is 0 Å². The Balaban J connectivity index is 1.20. The fraction of sp³-hybridized carbons (Fsp3) is 0.0476. The summed E-state index contributed by atoms with van der Waals surface area (Å²) in [7, 11) is 0. The van der Waals surface area contributed by atoms with E-state index in [4.69, 9.17) is 11.6 Å². The fourth-order valence-electron chi connectivity index (χ4n) is 6.70. The van der Waals surface area contributed by atoms with E-state index in [1.165, 1.54) is 49.0 Å². The Morgan fingerprint density at radius 3 is 1.53 bits per heavy atom. The first-order valence-electron chi connectivity index (χ1n) is 15.2. The van der Waals surface area contributed by atoms with Crippen molar-refractivity contribution in [2.24, 2.45) is 0 Å². The zero-order valence-electron chi connectivity index (χ0n) is 25.1. The van der Waals surface area contributed by atoms with Gasteiger partial charge in [-0.25, -0.2) is 9.97 Å². The molecule has 0 fully saturated rings. The van der Waals surface area contributed by atoms with Gasteiger partial charge in [-0.1, -0.05) is 127 Å². The first-order chi connectivity index (χ1) is 22.0. The van der Waals surface area contributed by atoms with Gasteiger partial charge in [0.1, 0.15) is 0 Å². The molecular formula is C42H29ClN2. The van der Waals surface area contributed by atoms with Gasteiger partial charge < -0.3 is 0 Å². The van der Waals surface area contributed by atoms with E-state index in [0.29, 0.717) is 0 Å². The molecule has 45 heavy (non-hydrogen) atoms. The van der Waals surface area contributed by atoms with Crippen molar-refractivity contribution in [1.29, 1.82) is 0 Å². The highest BCUT2D eigenvalue weighted by Gasteiger charge is 2.16. The summed E-state index contributed by atoms with van der Waals surface area (Å²) in [6.07, 6.45) is 0. The van der Waals surface area contributed by atoms with Crippen molar-refractivity contribution in [3.8, 4) is 44.8 Å². The third kappa shape index (κ3) is 4.75. The van der Waals surface area contributed by atoms with Crippen LogP contribution in [0.15, 0.2) is 140 Å². The number of hydrogen-bond donors (Lipinski definition) is 0. The van der Waals surface area contributed by atoms with Crippen LogP contribution in [0.25, 0.3) is 77.1 Å². The molecule has 2 nitrogen and oxygen atoms in total. The summed E-state index contributed by atoms with van der Waals surface area (Å²) in [5.74, 6) is 0. The Morgan fingerprint density at radius 2 is 0.889 bits per heavy atom. The molecule has 0 amide bonds. The van der Waals surface area contributed by atoms with Crippen LogP contribution in [0.5, 0.6) is 0 Å². The smallest absolute Gasteiger partial charge is 0.218 e. The first kappa shape index (κ1) is 27.3. The summed E-state index contributed by atoms with van der Waals surface area (Å²) in [4.78, 5) is 9.23. The maximum Gasteiger partial charge on any atom is 0.223 e. The lowest BCUT2D eigenvalue weighted by molar-refractivity contribution is 1.14. The Labute approximate surface area is 267 Å². The summed E-state index contributed by atoms with van der Waals surface area (Å²) in [5.41, 5.74) is 10.7. The average molecular weight is 597 g/mol. The number of hydrogen-bond acceptors (Lipinski definition) is 2. The molecule has 8 rings (SSSR count). The molecule has 0 atom stereocenters. The molecule has 1 heterocycles. The molecule has 7 aromatic carbocycles. The highest BCUT2D eigenvalue weighted by molar-refractivity contribution is 6.28. The summed E-state index contributed by atoms with van der Waals surface area (Å²) < 4.78 is 0. The standard InChI is InChI=1S/C42H29ClN2/c1-26-23-31(19-21-33(26)41-27(2)40(44-42(43)45-41)28-11-4-3-5-12-28)29-13-10-14-30(24-29)32-20-22-38-36-17-7-6-15-34(36)35-16-8-9-18-37(35)39(38)25-32/h3-25H,1-2H3. The number of aryl methyl sites for hydroxylation is 1. The van der Waals surface area contributed by atoms with Crippen LogP contribution in [0.4, 0.5) is 0 Å². The molecule has 0 saturated carbocycles. The molecule has 0 radical (unpaired) electrons. The zero-order chi connectivity index (χ0) is 30.5. The second-order valence-electron chi connectivity index (χ2n) is 11.6. The maximum atomic E-state index is 6.45. The topological polar surface area (TPSA) is 25.8 Å². The van der Waals surface area contributed by atoms with Crippen molar-refractivity contribution in [2.75, 3.05) is 0 Å². The SMILES string of the molecule is Cc1cc(-c2cccc(-c3ccc4c5ccccc5c5ccccc5c4c3)c2)ccc1-c1nc(Cl)nc(-c2ccccc2)c1C. The average Bonchev–Trinajstić information content (AvgIpc) is 3.09. The molecule has 0 N–H and O–H groups in total. The van der Waals surface area contributed by atoms with Crippen LogP contribution in [-0.2, 0) is 0 Å². The third-order valence-electron chi connectivity index (χ3n) is 8.92. The predicted octanol–water partition coefficient (Wildman–Crippen LogP) is 11.9. The van der Waals surface area contributed by atoms with Crippen LogP contribution >= 0.6 is 11.6 Å². The van der Waals surface area contributed by atoms with Crippen molar-refractivity contribution < 1.29 is 0 Å². The van der Waals surface area contributed by atoms with Crippen molar-refractivity contribution in [2.45, 2.75) is 13.8 Å². The molecule has 214 valence electrons. The van der Waals surface area contributed by atoms with Gasteiger partial charge in [0.05, 0.1) is 11.4 Å². The van der Waals surface area contributed by atoms with Crippen LogP contribution in [0, 0.1) is 13.8 Å². The lowest BCUT2D eigenvalue weighted by Crippen LogP contribution is -1.99. The monoisotopic (exact) mass is 596 g/mol. The highest BCUT2D eigenvalue weighted by atomic mass is 35.5. The van der Waals surface area contributed by atoms with E-state index >= 15 is 0 Å². The van der Waals surface area contributed by atoms with E-state index in [0.717, 1.165) is 39.2 Å². The van der Waals surface area contributed by atoms with E-state index < -0.39 is 0 Å². The maximum absolute atomic E-state index is 6.45. The molecule has 0 spiro atoms. The van der Waals surface area contributed by atoms with Gasteiger partial charge in [-0.2, -0.15) is 0 Å². The van der Waals surface area contributed by atoms with Crippen LogP contribution in [-0.4, -0.2) is 9.97 Å². The molecule has 1 aromatic heterocycles. The molecule has 0 saturated heterocycles. The summed E-state index contributed by atoms with van der Waals surface area (Å²) in [5, 5.41) is 7.97. The molecule has 0 aliphatic heterocycles. The fourth-order valence-corrected chi connectivity index (χ4v) is 6.87. The van der Waals surface area contributed by atoms with Crippen molar-refractivity contribution in [3.63, 3.8) is 0 Å². The first-order valence-corrected chi connectivity index (χ1v) is 15.6. The number of fused-ring (bicyclic) bond motifs is 6. The molecular weight excluding hydrogens is 568 g/mol. The lowest BCUT2D eigenvalue weighted by atomic mass is 9.91. The number of benzene rings is 7. The van der Waals surface area contributed by atoms with Crippen molar-refractivity contribution in [1.82, 2.24) is 9.97 Å². The Morgan fingerprint density at radius 1 is 0.400 bits per heavy atom. The molecule has 0 bridgehead atoms. The van der Waals surface area contributed by atoms with Gasteiger partial charge in [0.2, 0.25) is 5.28 Å². The van der Waals surface area contributed by atoms with E-state index in [1.807, 2.05) is 18.2 Å². The van der Waals surface area contributed by atoms with E-state index in [2.05, 4.69) is 145 Å². The minimum absolute atomic E-state index is 0.252. The van der Waals surface area contributed by atoms with E-state index in [-0.39, 0.29) is 5.28 Å².